The van der Waals surface area contributed by atoms with Gasteiger partial charge in [0.2, 0.25) is 0 Å². The molecule has 74 valence electrons. The van der Waals surface area contributed by atoms with Crippen molar-refractivity contribution in [3.8, 4) is 11.8 Å². The van der Waals surface area contributed by atoms with Crippen LogP contribution in [0.15, 0.2) is 30.6 Å². The van der Waals surface area contributed by atoms with Crippen LogP contribution in [0.25, 0.3) is 5.69 Å². The molecule has 0 aliphatic carbocycles. The Hall–Kier alpha value is -1.35. The Kier molecular flexibility index (Phi) is 2.73. The Bertz CT molecular complexity index is 537. The molecule has 0 unspecified atom stereocenters. The van der Waals surface area contributed by atoms with Gasteiger partial charge >= 0.3 is 0 Å². The van der Waals surface area contributed by atoms with E-state index in [1.807, 2.05) is 25.3 Å². The minimum atomic E-state index is 0.648. The van der Waals surface area contributed by atoms with Crippen LogP contribution >= 0.6 is 22.6 Å². The zero-order valence-electron chi connectivity index (χ0n) is 8.11. The summed E-state index contributed by atoms with van der Waals surface area (Å²) in [6.07, 6.45) is 3.68. The second kappa shape index (κ2) is 4.03. The molecule has 0 N–H and O–H groups in total. The van der Waals surface area contributed by atoms with Crippen LogP contribution in [0.3, 0.4) is 0 Å². The molecular weight excluding hydrogens is 301 g/mol. The Balaban J connectivity index is 2.67. The third-order valence-electron chi connectivity index (χ3n) is 2.14. The van der Waals surface area contributed by atoms with Crippen LogP contribution < -0.4 is 0 Å². The number of para-hydroxylation sites is 1. The molecule has 0 aliphatic rings. The maximum absolute atomic E-state index is 9.02. The molecule has 0 amide bonds. The van der Waals surface area contributed by atoms with E-state index in [0.29, 0.717) is 5.56 Å². The predicted molar refractivity (Wildman–Crippen MR) is 65.7 cm³/mol. The molecule has 0 saturated heterocycles. The standard InChI is InChI=1S/C11H8IN3/c1-8-3-2-4-9(5-13)11(8)15-7-10(12)6-14-15/h2-4,6-7H,1H3. The van der Waals surface area contributed by atoms with Crippen LogP contribution in [-0.2, 0) is 0 Å². The normalized spacial score (nSPS) is 9.93. The highest BCUT2D eigenvalue weighted by Crippen LogP contribution is 2.18. The van der Waals surface area contributed by atoms with Gasteiger partial charge in [0.05, 0.1) is 21.0 Å². The molecule has 0 spiro atoms. The molecule has 1 aromatic heterocycles. The SMILES string of the molecule is Cc1cccc(C#N)c1-n1cc(I)cn1. The van der Waals surface area contributed by atoms with Crippen LogP contribution in [0.2, 0.25) is 0 Å². The molecule has 0 atom stereocenters. The molecule has 0 radical (unpaired) electrons. The zero-order chi connectivity index (χ0) is 10.8. The van der Waals surface area contributed by atoms with Crippen LogP contribution in [0.1, 0.15) is 11.1 Å². The van der Waals surface area contributed by atoms with Crippen molar-refractivity contribution in [2.24, 2.45) is 0 Å². The number of benzene rings is 1. The first-order chi connectivity index (χ1) is 7.22. The molecule has 1 aromatic carbocycles. The largest absolute Gasteiger partial charge is 0.238 e. The molecule has 2 aromatic rings. The summed E-state index contributed by atoms with van der Waals surface area (Å²) < 4.78 is 2.80. The molecule has 2 rings (SSSR count). The van der Waals surface area contributed by atoms with Gasteiger partial charge in [0.1, 0.15) is 6.07 Å². The first-order valence-electron chi connectivity index (χ1n) is 4.42. The smallest absolute Gasteiger partial charge is 0.101 e. The molecule has 0 bridgehead atoms. The monoisotopic (exact) mass is 309 g/mol. The predicted octanol–water partition coefficient (Wildman–Crippen LogP) is 2.66. The first kappa shape index (κ1) is 10.2. The van der Waals surface area contributed by atoms with Crippen molar-refractivity contribution in [3.05, 3.63) is 45.3 Å². The van der Waals surface area contributed by atoms with E-state index in [0.717, 1.165) is 14.8 Å². The summed E-state index contributed by atoms with van der Waals surface area (Å²) in [7, 11) is 0. The highest BCUT2D eigenvalue weighted by molar-refractivity contribution is 14.1. The van der Waals surface area contributed by atoms with Crippen molar-refractivity contribution < 1.29 is 0 Å². The van der Waals surface area contributed by atoms with E-state index in [1.54, 1.807) is 16.9 Å². The van der Waals surface area contributed by atoms with E-state index in [4.69, 9.17) is 5.26 Å². The number of nitrogens with zero attached hydrogens (tertiary/aromatic N) is 3. The van der Waals surface area contributed by atoms with Gasteiger partial charge in [-0.3, -0.25) is 0 Å². The summed E-state index contributed by atoms with van der Waals surface area (Å²) in [5, 5.41) is 13.2. The first-order valence-corrected chi connectivity index (χ1v) is 5.50. The van der Waals surface area contributed by atoms with Gasteiger partial charge in [-0.15, -0.1) is 0 Å². The van der Waals surface area contributed by atoms with Gasteiger partial charge < -0.3 is 0 Å². The highest BCUT2D eigenvalue weighted by Gasteiger charge is 2.08. The summed E-state index contributed by atoms with van der Waals surface area (Å²) in [6.45, 7) is 1.98. The van der Waals surface area contributed by atoms with Crippen LogP contribution in [0, 0.1) is 21.8 Å². The molecule has 3 nitrogen and oxygen atoms in total. The summed E-state index contributed by atoms with van der Waals surface area (Å²) in [4.78, 5) is 0. The number of hydrogen-bond acceptors (Lipinski definition) is 2. The minimum Gasteiger partial charge on any atom is -0.238 e. The van der Waals surface area contributed by atoms with Gasteiger partial charge in [-0.2, -0.15) is 10.4 Å². The van der Waals surface area contributed by atoms with E-state index in [9.17, 15) is 0 Å². The Morgan fingerprint density at radius 2 is 2.27 bits per heavy atom. The fourth-order valence-electron chi connectivity index (χ4n) is 1.48. The Labute approximate surface area is 101 Å². The van der Waals surface area contributed by atoms with Crippen LogP contribution in [-0.4, -0.2) is 9.78 Å². The molecule has 0 saturated carbocycles. The lowest BCUT2D eigenvalue weighted by Gasteiger charge is -2.06. The molecule has 0 aliphatic heterocycles. The lowest BCUT2D eigenvalue weighted by atomic mass is 10.1. The van der Waals surface area contributed by atoms with Crippen molar-refractivity contribution in [1.29, 1.82) is 5.26 Å². The second-order valence-corrected chi connectivity index (χ2v) is 4.43. The van der Waals surface area contributed by atoms with Gasteiger partial charge in [-0.05, 0) is 41.1 Å². The maximum atomic E-state index is 9.02. The maximum Gasteiger partial charge on any atom is 0.101 e. The number of nitriles is 1. The summed E-state index contributed by atoms with van der Waals surface area (Å²) in [5.74, 6) is 0. The van der Waals surface area contributed by atoms with E-state index >= 15 is 0 Å². The number of aromatic nitrogens is 2. The molecular formula is C11H8IN3. The van der Waals surface area contributed by atoms with E-state index in [1.165, 1.54) is 0 Å². The molecule has 1 heterocycles. The van der Waals surface area contributed by atoms with Crippen molar-refractivity contribution in [2.45, 2.75) is 6.92 Å². The van der Waals surface area contributed by atoms with Gasteiger partial charge in [-0.25, -0.2) is 4.68 Å². The molecule has 0 fully saturated rings. The number of hydrogen-bond donors (Lipinski definition) is 0. The van der Waals surface area contributed by atoms with Gasteiger partial charge in [0, 0.05) is 6.20 Å². The fourth-order valence-corrected chi connectivity index (χ4v) is 1.86. The number of rotatable bonds is 1. The fraction of sp³-hybridized carbons (Fsp3) is 0.0909. The zero-order valence-corrected chi connectivity index (χ0v) is 10.3. The third kappa shape index (κ3) is 1.88. The van der Waals surface area contributed by atoms with Crippen molar-refractivity contribution in [3.63, 3.8) is 0 Å². The Morgan fingerprint density at radius 1 is 1.47 bits per heavy atom. The molecule has 15 heavy (non-hydrogen) atoms. The quantitative estimate of drug-likeness (QED) is 0.760. The van der Waals surface area contributed by atoms with Gasteiger partial charge in [0.25, 0.3) is 0 Å². The molecule has 4 heteroatoms. The number of halogens is 1. The topological polar surface area (TPSA) is 41.6 Å². The Morgan fingerprint density at radius 3 is 2.87 bits per heavy atom. The van der Waals surface area contributed by atoms with E-state index in [-0.39, 0.29) is 0 Å². The third-order valence-corrected chi connectivity index (χ3v) is 2.70. The van der Waals surface area contributed by atoms with Crippen molar-refractivity contribution in [1.82, 2.24) is 9.78 Å². The summed E-state index contributed by atoms with van der Waals surface area (Å²) >= 11 is 2.20. The minimum absolute atomic E-state index is 0.648. The van der Waals surface area contributed by atoms with Gasteiger partial charge in [-0.1, -0.05) is 12.1 Å². The van der Waals surface area contributed by atoms with Crippen LogP contribution in [0.5, 0.6) is 0 Å². The second-order valence-electron chi connectivity index (χ2n) is 3.19. The van der Waals surface area contributed by atoms with E-state index < -0.39 is 0 Å². The average Bonchev–Trinajstić information content (AvgIpc) is 2.64. The van der Waals surface area contributed by atoms with Gasteiger partial charge in [0.15, 0.2) is 0 Å². The lowest BCUT2D eigenvalue weighted by molar-refractivity contribution is 0.869. The van der Waals surface area contributed by atoms with Crippen molar-refractivity contribution in [2.75, 3.05) is 0 Å². The van der Waals surface area contributed by atoms with Crippen LogP contribution in [0.4, 0.5) is 0 Å². The summed E-state index contributed by atoms with van der Waals surface area (Å²) in [6, 6.07) is 7.84. The highest BCUT2D eigenvalue weighted by atomic mass is 127. The van der Waals surface area contributed by atoms with Crippen molar-refractivity contribution >= 4 is 22.6 Å². The summed E-state index contributed by atoms with van der Waals surface area (Å²) in [5.41, 5.74) is 2.56. The number of aryl methyl sites for hydroxylation is 1. The lowest BCUT2D eigenvalue weighted by Crippen LogP contribution is -2.00. The average molecular weight is 309 g/mol. The van der Waals surface area contributed by atoms with E-state index in [2.05, 4.69) is 33.8 Å².